The predicted molar refractivity (Wildman–Crippen MR) is 47.6 cm³/mol. The second kappa shape index (κ2) is 4.45. The number of hydrogen-bond donors (Lipinski definition) is 0. The van der Waals surface area contributed by atoms with Gasteiger partial charge in [-0.1, -0.05) is 0 Å². The molecule has 4 nitrogen and oxygen atoms in total. The lowest BCUT2D eigenvalue weighted by molar-refractivity contribution is -0.127. The number of hydrogen-bond acceptors (Lipinski definition) is 3. The summed E-state index contributed by atoms with van der Waals surface area (Å²) < 4.78 is 21.4. The van der Waals surface area contributed by atoms with Gasteiger partial charge in [-0.3, -0.25) is 4.79 Å². The Balaban J connectivity index is 3.65. The molecule has 5 heteroatoms. The fourth-order valence-corrected chi connectivity index (χ4v) is 1.37. The normalized spacial score (nSPS) is 11.2. The molecule has 12 heavy (non-hydrogen) atoms. The second-order valence-electron chi connectivity index (χ2n) is 2.92. The number of nitrogens with zero attached hydrogens (tertiary/aromatic N) is 1. The van der Waals surface area contributed by atoms with Crippen LogP contribution in [0.1, 0.15) is 13.3 Å². The zero-order valence-corrected chi connectivity index (χ0v) is 8.52. The van der Waals surface area contributed by atoms with E-state index in [2.05, 4.69) is 0 Å². The lowest BCUT2D eigenvalue weighted by atomic mass is 10.4. The molecule has 0 aliphatic carbocycles. The number of amides is 1. The van der Waals surface area contributed by atoms with Crippen molar-refractivity contribution in [3.8, 4) is 0 Å². The van der Waals surface area contributed by atoms with E-state index in [1.165, 1.54) is 18.1 Å². The molecule has 0 atom stereocenters. The van der Waals surface area contributed by atoms with Crippen LogP contribution < -0.4 is 0 Å². The third kappa shape index (κ3) is 6.15. The first-order valence-corrected chi connectivity index (χ1v) is 5.78. The molecule has 0 bridgehead atoms. The summed E-state index contributed by atoms with van der Waals surface area (Å²) in [6.07, 6.45) is 1.70. The van der Waals surface area contributed by atoms with Gasteiger partial charge in [0, 0.05) is 26.8 Å². The summed E-state index contributed by atoms with van der Waals surface area (Å²) >= 11 is 0. The summed E-state index contributed by atoms with van der Waals surface area (Å²) in [5.74, 6) is 0.105. The van der Waals surface area contributed by atoms with Crippen molar-refractivity contribution in [2.24, 2.45) is 0 Å². The van der Waals surface area contributed by atoms with Crippen molar-refractivity contribution in [2.45, 2.75) is 13.3 Å². The Hall–Kier alpha value is -0.580. The molecule has 0 radical (unpaired) electrons. The average molecular weight is 193 g/mol. The maximum absolute atomic E-state index is 10.7. The molecule has 0 saturated heterocycles. The fourth-order valence-electron chi connectivity index (χ4n) is 0.721. The van der Waals surface area contributed by atoms with Crippen molar-refractivity contribution < 1.29 is 13.2 Å². The van der Waals surface area contributed by atoms with Crippen LogP contribution >= 0.6 is 0 Å². The van der Waals surface area contributed by atoms with Crippen molar-refractivity contribution in [1.29, 1.82) is 0 Å². The van der Waals surface area contributed by atoms with Gasteiger partial charge in [0.2, 0.25) is 5.91 Å². The molecule has 0 spiro atoms. The molecule has 0 N–H and O–H groups in total. The van der Waals surface area contributed by atoms with E-state index in [1.807, 2.05) is 0 Å². The molecule has 0 saturated carbocycles. The minimum atomic E-state index is -2.88. The van der Waals surface area contributed by atoms with Gasteiger partial charge in [-0.05, 0) is 6.42 Å². The summed E-state index contributed by atoms with van der Waals surface area (Å²) in [5, 5.41) is 0. The Morgan fingerprint density at radius 2 is 1.92 bits per heavy atom. The van der Waals surface area contributed by atoms with Gasteiger partial charge < -0.3 is 4.90 Å². The summed E-state index contributed by atoms with van der Waals surface area (Å²) in [6, 6.07) is 0. The summed E-state index contributed by atoms with van der Waals surface area (Å²) in [5.41, 5.74) is 0. The molecule has 72 valence electrons. The van der Waals surface area contributed by atoms with Gasteiger partial charge in [0.15, 0.2) is 0 Å². The van der Waals surface area contributed by atoms with Crippen LogP contribution in [0.15, 0.2) is 0 Å². The predicted octanol–water partition coefficient (Wildman–Crippen LogP) is -0.101. The van der Waals surface area contributed by atoms with Crippen LogP contribution in [-0.2, 0) is 14.6 Å². The molecule has 0 rings (SSSR count). The third-order valence-corrected chi connectivity index (χ3v) is 2.58. The quantitative estimate of drug-likeness (QED) is 0.626. The van der Waals surface area contributed by atoms with Crippen molar-refractivity contribution >= 4 is 15.7 Å². The van der Waals surface area contributed by atoms with Crippen molar-refractivity contribution in [2.75, 3.05) is 25.6 Å². The largest absolute Gasteiger partial charge is 0.346 e. The standard InChI is InChI=1S/C7H15NO3S/c1-7(9)8(2)5-4-6-12(3,10)11/h4-6H2,1-3H3. The molecule has 0 fully saturated rings. The minimum absolute atomic E-state index is 0.0384. The summed E-state index contributed by atoms with van der Waals surface area (Å²) in [7, 11) is -1.23. The van der Waals surface area contributed by atoms with Crippen molar-refractivity contribution in [3.05, 3.63) is 0 Å². The van der Waals surface area contributed by atoms with E-state index in [0.29, 0.717) is 13.0 Å². The highest BCUT2D eigenvalue weighted by Gasteiger charge is 2.05. The number of carbonyl (C=O) groups excluding carboxylic acids is 1. The van der Waals surface area contributed by atoms with Gasteiger partial charge in [0.25, 0.3) is 0 Å². The Bertz CT molecular complexity index is 245. The molecule has 0 heterocycles. The first kappa shape index (κ1) is 11.4. The maximum atomic E-state index is 10.7. The fraction of sp³-hybridized carbons (Fsp3) is 0.857. The molecule has 0 aromatic heterocycles. The van der Waals surface area contributed by atoms with Crippen LogP contribution in [0.3, 0.4) is 0 Å². The van der Waals surface area contributed by atoms with E-state index < -0.39 is 9.84 Å². The van der Waals surface area contributed by atoms with Crippen LogP contribution in [0.25, 0.3) is 0 Å². The maximum Gasteiger partial charge on any atom is 0.219 e. The Labute approximate surface area is 73.5 Å². The highest BCUT2D eigenvalue weighted by molar-refractivity contribution is 7.90. The first-order valence-electron chi connectivity index (χ1n) is 3.72. The lowest BCUT2D eigenvalue weighted by Crippen LogP contribution is -2.26. The van der Waals surface area contributed by atoms with E-state index in [9.17, 15) is 13.2 Å². The van der Waals surface area contributed by atoms with Gasteiger partial charge in [-0.2, -0.15) is 0 Å². The van der Waals surface area contributed by atoms with Crippen LogP contribution in [-0.4, -0.2) is 44.8 Å². The Morgan fingerprint density at radius 1 is 1.42 bits per heavy atom. The lowest BCUT2D eigenvalue weighted by Gasteiger charge is -2.13. The Morgan fingerprint density at radius 3 is 2.25 bits per heavy atom. The zero-order chi connectivity index (χ0) is 9.78. The van der Waals surface area contributed by atoms with Crippen LogP contribution in [0.5, 0.6) is 0 Å². The van der Waals surface area contributed by atoms with Gasteiger partial charge in [0.05, 0.1) is 5.75 Å². The van der Waals surface area contributed by atoms with E-state index in [4.69, 9.17) is 0 Å². The zero-order valence-electron chi connectivity index (χ0n) is 7.70. The van der Waals surface area contributed by atoms with Crippen LogP contribution in [0.4, 0.5) is 0 Å². The van der Waals surface area contributed by atoms with Gasteiger partial charge >= 0.3 is 0 Å². The molecule has 0 aromatic rings. The Kier molecular flexibility index (Phi) is 4.23. The van der Waals surface area contributed by atoms with E-state index in [0.717, 1.165) is 0 Å². The average Bonchev–Trinajstić information content (AvgIpc) is 1.84. The number of carbonyl (C=O) groups is 1. The van der Waals surface area contributed by atoms with Crippen LogP contribution in [0, 0.1) is 0 Å². The van der Waals surface area contributed by atoms with Gasteiger partial charge in [-0.25, -0.2) is 8.42 Å². The van der Waals surface area contributed by atoms with E-state index in [-0.39, 0.29) is 11.7 Å². The first-order chi connectivity index (χ1) is 5.33. The SMILES string of the molecule is CC(=O)N(C)CCCS(C)(=O)=O. The van der Waals surface area contributed by atoms with Crippen molar-refractivity contribution in [3.63, 3.8) is 0 Å². The molecule has 0 aliphatic heterocycles. The van der Waals surface area contributed by atoms with Gasteiger partial charge in [-0.15, -0.1) is 0 Å². The second-order valence-corrected chi connectivity index (χ2v) is 5.18. The molecule has 0 unspecified atom stereocenters. The van der Waals surface area contributed by atoms with E-state index in [1.54, 1.807) is 7.05 Å². The highest BCUT2D eigenvalue weighted by Crippen LogP contribution is 1.92. The van der Waals surface area contributed by atoms with Crippen LogP contribution in [0.2, 0.25) is 0 Å². The molecule has 0 aromatic carbocycles. The smallest absolute Gasteiger partial charge is 0.219 e. The third-order valence-electron chi connectivity index (χ3n) is 1.55. The topological polar surface area (TPSA) is 54.5 Å². The molecular formula is C7H15NO3S. The minimum Gasteiger partial charge on any atom is -0.346 e. The number of rotatable bonds is 4. The van der Waals surface area contributed by atoms with Gasteiger partial charge in [0.1, 0.15) is 9.84 Å². The summed E-state index contributed by atoms with van der Waals surface area (Å²) in [4.78, 5) is 12.2. The number of sulfone groups is 1. The monoisotopic (exact) mass is 193 g/mol. The highest BCUT2D eigenvalue weighted by atomic mass is 32.2. The molecular weight excluding hydrogens is 178 g/mol. The summed E-state index contributed by atoms with van der Waals surface area (Å²) in [6.45, 7) is 1.96. The molecule has 0 aliphatic rings. The molecule has 1 amide bonds. The van der Waals surface area contributed by atoms with E-state index >= 15 is 0 Å². The van der Waals surface area contributed by atoms with Crippen molar-refractivity contribution in [1.82, 2.24) is 4.90 Å².